The summed E-state index contributed by atoms with van der Waals surface area (Å²) in [4.78, 5) is 13.7. The van der Waals surface area contributed by atoms with Gasteiger partial charge in [0.05, 0.1) is 7.05 Å². The maximum Gasteiger partial charge on any atom is 0.415 e. The second-order valence-corrected chi connectivity index (χ2v) is 4.02. The summed E-state index contributed by atoms with van der Waals surface area (Å²) in [6, 6.07) is 0.312. The predicted octanol–water partition coefficient (Wildman–Crippen LogP) is -1.59. The SMILES string of the molecule is CCCC(C)N(C)C(=O)n1cc[n+](C)c1.[I-]. The van der Waals surface area contributed by atoms with Crippen LogP contribution in [-0.2, 0) is 7.05 Å². The molecule has 1 heterocycles. The van der Waals surface area contributed by atoms with Crippen LogP contribution in [0.3, 0.4) is 0 Å². The summed E-state index contributed by atoms with van der Waals surface area (Å²) >= 11 is 0. The van der Waals surface area contributed by atoms with Gasteiger partial charge in [0.15, 0.2) is 0 Å². The van der Waals surface area contributed by atoms with E-state index in [1.54, 1.807) is 22.0 Å². The Labute approximate surface area is 114 Å². The molecule has 1 atom stereocenters. The molecule has 16 heavy (non-hydrogen) atoms. The highest BCUT2D eigenvalue weighted by Crippen LogP contribution is 2.05. The topological polar surface area (TPSA) is 29.1 Å². The molecule has 0 saturated heterocycles. The Morgan fingerprint density at radius 2 is 2.19 bits per heavy atom. The number of rotatable bonds is 3. The van der Waals surface area contributed by atoms with Crippen LogP contribution >= 0.6 is 0 Å². The van der Waals surface area contributed by atoms with Gasteiger partial charge in [0.2, 0.25) is 0 Å². The quantitative estimate of drug-likeness (QED) is 0.483. The van der Waals surface area contributed by atoms with Gasteiger partial charge in [0, 0.05) is 13.1 Å². The highest BCUT2D eigenvalue weighted by atomic mass is 127. The summed E-state index contributed by atoms with van der Waals surface area (Å²) in [6.45, 7) is 4.20. The zero-order chi connectivity index (χ0) is 11.4. The molecule has 5 heteroatoms. The molecule has 4 nitrogen and oxygen atoms in total. The second-order valence-electron chi connectivity index (χ2n) is 4.02. The number of amides is 1. The number of halogens is 1. The van der Waals surface area contributed by atoms with Crippen LogP contribution in [0, 0.1) is 0 Å². The first-order valence-electron chi connectivity index (χ1n) is 5.36. The van der Waals surface area contributed by atoms with Crippen LogP contribution in [0.2, 0.25) is 0 Å². The molecular weight excluding hydrogens is 317 g/mol. The van der Waals surface area contributed by atoms with Crippen molar-refractivity contribution in [2.75, 3.05) is 7.05 Å². The number of carbonyl (C=O) groups excluding carboxylic acids is 1. The van der Waals surface area contributed by atoms with Crippen molar-refractivity contribution in [1.82, 2.24) is 9.47 Å². The van der Waals surface area contributed by atoms with E-state index in [1.807, 2.05) is 24.9 Å². The molecule has 0 aliphatic carbocycles. The van der Waals surface area contributed by atoms with E-state index in [1.165, 1.54) is 0 Å². The summed E-state index contributed by atoms with van der Waals surface area (Å²) in [7, 11) is 3.75. The molecule has 1 rings (SSSR count). The lowest BCUT2D eigenvalue weighted by Crippen LogP contribution is -3.00. The first-order chi connectivity index (χ1) is 7.06. The number of nitrogens with zero attached hydrogens (tertiary/aromatic N) is 3. The zero-order valence-electron chi connectivity index (χ0n) is 10.4. The molecule has 0 radical (unpaired) electrons. The van der Waals surface area contributed by atoms with E-state index in [4.69, 9.17) is 0 Å². The van der Waals surface area contributed by atoms with E-state index in [9.17, 15) is 4.79 Å². The second kappa shape index (κ2) is 6.88. The molecule has 0 N–H and O–H groups in total. The molecule has 1 unspecified atom stereocenters. The van der Waals surface area contributed by atoms with Crippen LogP contribution in [0.4, 0.5) is 4.79 Å². The molecule has 0 aliphatic rings. The maximum atomic E-state index is 11.9. The summed E-state index contributed by atoms with van der Waals surface area (Å²) in [5.41, 5.74) is 0. The van der Waals surface area contributed by atoms with Gasteiger partial charge < -0.3 is 28.9 Å². The van der Waals surface area contributed by atoms with Crippen LogP contribution in [0.5, 0.6) is 0 Å². The Bertz CT molecular complexity index is 338. The van der Waals surface area contributed by atoms with Crippen LogP contribution in [0.15, 0.2) is 18.7 Å². The third-order valence-electron chi connectivity index (χ3n) is 2.66. The Morgan fingerprint density at radius 1 is 1.56 bits per heavy atom. The minimum absolute atomic E-state index is 0. The third kappa shape index (κ3) is 3.77. The molecule has 0 bridgehead atoms. The van der Waals surface area contributed by atoms with Crippen molar-refractivity contribution in [3.63, 3.8) is 0 Å². The third-order valence-corrected chi connectivity index (χ3v) is 2.66. The van der Waals surface area contributed by atoms with Gasteiger partial charge in [-0.1, -0.05) is 13.3 Å². The molecule has 0 aliphatic heterocycles. The Hall–Kier alpha value is -0.590. The van der Waals surface area contributed by atoms with E-state index < -0.39 is 0 Å². The van der Waals surface area contributed by atoms with E-state index >= 15 is 0 Å². The fourth-order valence-corrected chi connectivity index (χ4v) is 1.55. The lowest BCUT2D eigenvalue weighted by molar-refractivity contribution is -0.670. The Balaban J connectivity index is 0.00000225. The monoisotopic (exact) mass is 337 g/mol. The zero-order valence-corrected chi connectivity index (χ0v) is 12.5. The number of imidazole rings is 1. The summed E-state index contributed by atoms with van der Waals surface area (Å²) in [5, 5.41) is 0. The summed E-state index contributed by atoms with van der Waals surface area (Å²) < 4.78 is 3.46. The summed E-state index contributed by atoms with van der Waals surface area (Å²) in [5.74, 6) is 0. The van der Waals surface area contributed by atoms with Gasteiger partial charge in [-0.2, -0.15) is 4.57 Å². The van der Waals surface area contributed by atoms with E-state index in [0.717, 1.165) is 12.8 Å². The van der Waals surface area contributed by atoms with Gasteiger partial charge in [0.1, 0.15) is 12.4 Å². The highest BCUT2D eigenvalue weighted by molar-refractivity contribution is 5.76. The van der Waals surface area contributed by atoms with Crippen molar-refractivity contribution >= 4 is 6.03 Å². The standard InChI is InChI=1S/C11H20N3O.HI/c1-5-6-10(2)13(4)11(15)14-8-7-12(3)9-14;/h7-10H,5-6H2,1-4H3;1H/q+1;/p-1. The molecule has 0 fully saturated rings. The van der Waals surface area contributed by atoms with Crippen molar-refractivity contribution in [3.8, 4) is 0 Å². The number of carbonyl (C=O) groups is 1. The normalized spacial score (nSPS) is 11.8. The van der Waals surface area contributed by atoms with E-state index in [0.29, 0.717) is 0 Å². The lowest BCUT2D eigenvalue weighted by Gasteiger charge is -2.21. The van der Waals surface area contributed by atoms with Crippen molar-refractivity contribution in [1.29, 1.82) is 0 Å². The van der Waals surface area contributed by atoms with Crippen molar-refractivity contribution in [2.24, 2.45) is 7.05 Å². The average molecular weight is 337 g/mol. The Morgan fingerprint density at radius 3 is 2.62 bits per heavy atom. The van der Waals surface area contributed by atoms with E-state index in [-0.39, 0.29) is 36.0 Å². The predicted molar refractivity (Wildman–Crippen MR) is 58.5 cm³/mol. The summed E-state index contributed by atoms with van der Waals surface area (Å²) in [6.07, 6.45) is 7.54. The number of aryl methyl sites for hydroxylation is 1. The van der Waals surface area contributed by atoms with Gasteiger partial charge in [-0.25, -0.2) is 9.36 Å². The van der Waals surface area contributed by atoms with E-state index in [2.05, 4.69) is 13.8 Å². The van der Waals surface area contributed by atoms with Crippen LogP contribution < -0.4 is 28.5 Å². The number of hydrogen-bond acceptors (Lipinski definition) is 1. The molecule has 1 aromatic rings. The van der Waals surface area contributed by atoms with Crippen molar-refractivity contribution < 1.29 is 33.3 Å². The molecular formula is C11H20IN3O. The first kappa shape index (κ1) is 15.4. The smallest absolute Gasteiger partial charge is 0.415 e. The average Bonchev–Trinajstić information content (AvgIpc) is 2.63. The molecule has 0 spiro atoms. The number of hydrogen-bond donors (Lipinski definition) is 0. The molecule has 92 valence electrons. The Kier molecular flexibility index (Phi) is 6.62. The van der Waals surface area contributed by atoms with Gasteiger partial charge in [0.25, 0.3) is 6.33 Å². The first-order valence-corrected chi connectivity index (χ1v) is 5.36. The number of aromatic nitrogens is 2. The lowest BCUT2D eigenvalue weighted by atomic mass is 10.2. The minimum Gasteiger partial charge on any atom is -1.00 e. The van der Waals surface area contributed by atoms with Crippen LogP contribution in [0.1, 0.15) is 26.7 Å². The van der Waals surface area contributed by atoms with Gasteiger partial charge in [-0.05, 0) is 13.3 Å². The molecule has 0 saturated carbocycles. The molecule has 1 aromatic heterocycles. The van der Waals surface area contributed by atoms with Crippen molar-refractivity contribution in [3.05, 3.63) is 18.7 Å². The van der Waals surface area contributed by atoms with Gasteiger partial charge >= 0.3 is 6.03 Å². The molecule has 1 amide bonds. The van der Waals surface area contributed by atoms with Gasteiger partial charge in [-0.15, -0.1) is 0 Å². The van der Waals surface area contributed by atoms with Gasteiger partial charge in [-0.3, -0.25) is 0 Å². The fourth-order valence-electron chi connectivity index (χ4n) is 1.55. The minimum atomic E-state index is 0. The highest BCUT2D eigenvalue weighted by Gasteiger charge is 2.20. The maximum absolute atomic E-state index is 11.9. The fraction of sp³-hybridized carbons (Fsp3) is 0.636. The van der Waals surface area contributed by atoms with Crippen molar-refractivity contribution in [2.45, 2.75) is 32.7 Å². The van der Waals surface area contributed by atoms with Crippen LogP contribution in [-0.4, -0.2) is 28.6 Å². The largest absolute Gasteiger partial charge is 1.00 e. The molecule has 0 aromatic carbocycles. The van der Waals surface area contributed by atoms with Crippen LogP contribution in [0.25, 0.3) is 0 Å².